The minimum Gasteiger partial charge on any atom is -0.311 e. The lowest BCUT2D eigenvalue weighted by atomic mass is 9.83. The molecule has 0 saturated heterocycles. The van der Waals surface area contributed by atoms with E-state index in [-0.39, 0.29) is 5.54 Å². The topological polar surface area (TPSA) is 12.0 Å². The fourth-order valence-corrected chi connectivity index (χ4v) is 3.33. The molecule has 0 aromatic heterocycles. The molecule has 0 aliphatic heterocycles. The molecule has 98 valence electrons. The lowest BCUT2D eigenvalue weighted by Crippen LogP contribution is -2.43. The standard InChI is InChI=1S/C17H25N/c1-4-16(12-15-8-6-5-7-9-15)17(18-3)11-10-14(2)13-17/h4-9,14,18H,10-13H2,1-3H3/b16-4+. The fourth-order valence-electron chi connectivity index (χ4n) is 3.33. The maximum absolute atomic E-state index is 3.61. The van der Waals surface area contributed by atoms with Gasteiger partial charge >= 0.3 is 0 Å². The molecule has 1 aromatic carbocycles. The molecular weight excluding hydrogens is 218 g/mol. The van der Waals surface area contributed by atoms with Crippen LogP contribution in [0.5, 0.6) is 0 Å². The van der Waals surface area contributed by atoms with Gasteiger partial charge in [-0.05, 0) is 51.1 Å². The number of likely N-dealkylation sites (N-methyl/N-ethyl adjacent to an activating group) is 1. The number of benzene rings is 1. The Balaban J connectivity index is 2.18. The van der Waals surface area contributed by atoms with Gasteiger partial charge in [0.05, 0.1) is 0 Å². The van der Waals surface area contributed by atoms with Crippen molar-refractivity contribution in [3.05, 3.63) is 47.5 Å². The maximum Gasteiger partial charge on any atom is 0.0397 e. The van der Waals surface area contributed by atoms with E-state index in [1.807, 2.05) is 0 Å². The van der Waals surface area contributed by atoms with Crippen molar-refractivity contribution in [3.8, 4) is 0 Å². The van der Waals surface area contributed by atoms with Crippen molar-refractivity contribution in [1.82, 2.24) is 5.32 Å². The molecule has 2 rings (SSSR count). The zero-order valence-corrected chi connectivity index (χ0v) is 11.9. The molecule has 1 aliphatic rings. The van der Waals surface area contributed by atoms with E-state index in [2.05, 4.69) is 62.6 Å². The first-order valence-electron chi connectivity index (χ1n) is 7.08. The van der Waals surface area contributed by atoms with Crippen LogP contribution in [0.2, 0.25) is 0 Å². The van der Waals surface area contributed by atoms with Crippen LogP contribution in [-0.4, -0.2) is 12.6 Å². The van der Waals surface area contributed by atoms with Gasteiger partial charge in [0.2, 0.25) is 0 Å². The normalized spacial score (nSPS) is 28.6. The number of hydrogen-bond donors (Lipinski definition) is 1. The second-order valence-corrected chi connectivity index (χ2v) is 5.66. The largest absolute Gasteiger partial charge is 0.311 e. The second kappa shape index (κ2) is 5.71. The average molecular weight is 243 g/mol. The monoisotopic (exact) mass is 243 g/mol. The quantitative estimate of drug-likeness (QED) is 0.789. The summed E-state index contributed by atoms with van der Waals surface area (Å²) in [6.07, 6.45) is 7.28. The molecule has 0 radical (unpaired) electrons. The highest BCUT2D eigenvalue weighted by Crippen LogP contribution is 2.40. The van der Waals surface area contributed by atoms with E-state index in [0.717, 1.165) is 12.3 Å². The van der Waals surface area contributed by atoms with Gasteiger partial charge < -0.3 is 5.32 Å². The molecule has 0 bridgehead atoms. The molecule has 0 spiro atoms. The molecule has 0 amide bonds. The van der Waals surface area contributed by atoms with Gasteiger partial charge in [-0.3, -0.25) is 0 Å². The highest BCUT2D eigenvalue weighted by Gasteiger charge is 2.38. The summed E-state index contributed by atoms with van der Waals surface area (Å²) in [4.78, 5) is 0. The van der Waals surface area contributed by atoms with Crippen LogP contribution < -0.4 is 5.32 Å². The summed E-state index contributed by atoms with van der Waals surface area (Å²) in [7, 11) is 2.12. The summed E-state index contributed by atoms with van der Waals surface area (Å²) in [6.45, 7) is 4.55. The third-order valence-electron chi connectivity index (χ3n) is 4.44. The van der Waals surface area contributed by atoms with E-state index in [1.54, 1.807) is 5.57 Å². The maximum atomic E-state index is 3.61. The molecule has 1 fully saturated rings. The minimum absolute atomic E-state index is 0.240. The molecule has 2 unspecified atom stereocenters. The van der Waals surface area contributed by atoms with Gasteiger partial charge in [0.25, 0.3) is 0 Å². The smallest absolute Gasteiger partial charge is 0.0397 e. The van der Waals surface area contributed by atoms with E-state index < -0.39 is 0 Å². The van der Waals surface area contributed by atoms with Crippen molar-refractivity contribution in [2.75, 3.05) is 7.05 Å². The van der Waals surface area contributed by atoms with Gasteiger partial charge in [-0.15, -0.1) is 0 Å². The molecule has 1 saturated carbocycles. The molecule has 18 heavy (non-hydrogen) atoms. The van der Waals surface area contributed by atoms with Gasteiger partial charge in [-0.25, -0.2) is 0 Å². The summed E-state index contributed by atoms with van der Waals surface area (Å²) >= 11 is 0. The first-order chi connectivity index (χ1) is 8.70. The molecule has 1 aromatic rings. The Labute approximate surface area is 111 Å². The van der Waals surface area contributed by atoms with Crippen LogP contribution in [0, 0.1) is 5.92 Å². The highest BCUT2D eigenvalue weighted by molar-refractivity contribution is 5.30. The van der Waals surface area contributed by atoms with Crippen LogP contribution in [0.3, 0.4) is 0 Å². The molecule has 1 N–H and O–H groups in total. The van der Waals surface area contributed by atoms with Gasteiger partial charge in [0.1, 0.15) is 0 Å². The van der Waals surface area contributed by atoms with Crippen molar-refractivity contribution in [3.63, 3.8) is 0 Å². The zero-order valence-electron chi connectivity index (χ0n) is 11.9. The Morgan fingerprint density at radius 2 is 2.11 bits per heavy atom. The van der Waals surface area contributed by atoms with E-state index >= 15 is 0 Å². The van der Waals surface area contributed by atoms with Gasteiger partial charge in [-0.1, -0.05) is 48.9 Å². The molecule has 1 aliphatic carbocycles. The lowest BCUT2D eigenvalue weighted by molar-refractivity contribution is 0.401. The Hall–Kier alpha value is -1.08. The van der Waals surface area contributed by atoms with Crippen LogP contribution >= 0.6 is 0 Å². The van der Waals surface area contributed by atoms with Gasteiger partial charge in [0, 0.05) is 5.54 Å². The number of allylic oxidation sites excluding steroid dienone is 1. The number of nitrogens with one attached hydrogen (secondary N) is 1. The minimum atomic E-state index is 0.240. The zero-order chi connectivity index (χ0) is 13.0. The Kier molecular flexibility index (Phi) is 4.23. The van der Waals surface area contributed by atoms with E-state index in [0.29, 0.717) is 0 Å². The molecule has 1 nitrogen and oxygen atoms in total. The summed E-state index contributed by atoms with van der Waals surface area (Å²) in [5, 5.41) is 3.61. The van der Waals surface area contributed by atoms with Crippen LogP contribution in [0.1, 0.15) is 38.7 Å². The van der Waals surface area contributed by atoms with Crippen molar-refractivity contribution >= 4 is 0 Å². The third-order valence-corrected chi connectivity index (χ3v) is 4.44. The number of hydrogen-bond acceptors (Lipinski definition) is 1. The molecule has 2 atom stereocenters. The van der Waals surface area contributed by atoms with Gasteiger partial charge in [-0.2, -0.15) is 0 Å². The first-order valence-corrected chi connectivity index (χ1v) is 7.08. The summed E-state index contributed by atoms with van der Waals surface area (Å²) < 4.78 is 0. The first kappa shape index (κ1) is 13.4. The van der Waals surface area contributed by atoms with Gasteiger partial charge in [0.15, 0.2) is 0 Å². The Morgan fingerprint density at radius 3 is 2.61 bits per heavy atom. The van der Waals surface area contributed by atoms with Crippen molar-refractivity contribution in [1.29, 1.82) is 0 Å². The average Bonchev–Trinajstić information content (AvgIpc) is 2.80. The SMILES string of the molecule is C/C=C(\Cc1ccccc1)C1(NC)CCC(C)C1. The molecule has 0 heterocycles. The van der Waals surface area contributed by atoms with Crippen LogP contribution in [0.15, 0.2) is 42.0 Å². The summed E-state index contributed by atoms with van der Waals surface area (Å²) in [5.74, 6) is 0.836. The van der Waals surface area contributed by atoms with E-state index in [1.165, 1.54) is 24.8 Å². The predicted molar refractivity (Wildman–Crippen MR) is 78.7 cm³/mol. The Morgan fingerprint density at radius 1 is 1.39 bits per heavy atom. The Bertz CT molecular complexity index is 407. The lowest BCUT2D eigenvalue weighted by Gasteiger charge is -2.32. The van der Waals surface area contributed by atoms with Crippen molar-refractivity contribution in [2.24, 2.45) is 5.92 Å². The molecular formula is C17H25N. The predicted octanol–water partition coefficient (Wildman–Crippen LogP) is 3.95. The summed E-state index contributed by atoms with van der Waals surface area (Å²) in [5.41, 5.74) is 3.21. The van der Waals surface area contributed by atoms with E-state index in [4.69, 9.17) is 0 Å². The highest BCUT2D eigenvalue weighted by atomic mass is 15.0. The third kappa shape index (κ3) is 2.67. The summed E-state index contributed by atoms with van der Waals surface area (Å²) in [6, 6.07) is 10.8. The van der Waals surface area contributed by atoms with E-state index in [9.17, 15) is 0 Å². The van der Waals surface area contributed by atoms with Crippen LogP contribution in [0.4, 0.5) is 0 Å². The van der Waals surface area contributed by atoms with Crippen molar-refractivity contribution < 1.29 is 0 Å². The van der Waals surface area contributed by atoms with Crippen LogP contribution in [0.25, 0.3) is 0 Å². The molecule has 1 heteroatoms. The van der Waals surface area contributed by atoms with Crippen LogP contribution in [-0.2, 0) is 6.42 Å². The fraction of sp³-hybridized carbons (Fsp3) is 0.529. The second-order valence-electron chi connectivity index (χ2n) is 5.66. The number of rotatable bonds is 4. The van der Waals surface area contributed by atoms with Crippen molar-refractivity contribution in [2.45, 2.75) is 45.1 Å².